The summed E-state index contributed by atoms with van der Waals surface area (Å²) in [7, 11) is -2.63. The Labute approximate surface area is 197 Å². The van der Waals surface area contributed by atoms with Crippen molar-refractivity contribution in [2.45, 2.75) is 4.90 Å². The molecule has 1 amide bonds. The highest BCUT2D eigenvalue weighted by Crippen LogP contribution is 2.33. The fourth-order valence-electron chi connectivity index (χ4n) is 3.63. The Hall–Kier alpha value is -3.63. The lowest BCUT2D eigenvalue weighted by Crippen LogP contribution is -2.37. The van der Waals surface area contributed by atoms with Crippen LogP contribution in [0.15, 0.2) is 71.6 Å². The number of halogens is 1. The van der Waals surface area contributed by atoms with E-state index in [0.29, 0.717) is 37.7 Å². The number of morpholine rings is 1. The maximum Gasteiger partial charge on any atom is 0.264 e. The van der Waals surface area contributed by atoms with Crippen molar-refractivity contribution in [2.75, 3.05) is 48.4 Å². The van der Waals surface area contributed by atoms with E-state index in [2.05, 4.69) is 10.0 Å². The minimum atomic E-state index is -4.08. The Kier molecular flexibility index (Phi) is 6.99. The summed E-state index contributed by atoms with van der Waals surface area (Å²) in [5.74, 6) is -0.728. The molecule has 0 bridgehead atoms. The molecule has 1 aliphatic rings. The van der Waals surface area contributed by atoms with Gasteiger partial charge in [0.05, 0.1) is 31.7 Å². The third kappa shape index (κ3) is 5.29. The Morgan fingerprint density at radius 3 is 2.53 bits per heavy atom. The SMILES string of the molecule is COc1ccccc1NS(=O)(=O)c1cc(NC(=O)c2cccc(F)c2)ccc1N1CCOCC1. The molecular formula is C24H24FN3O5S. The molecule has 0 atom stereocenters. The van der Waals surface area contributed by atoms with Gasteiger partial charge in [-0.05, 0) is 48.5 Å². The number of amides is 1. The Morgan fingerprint density at radius 2 is 1.79 bits per heavy atom. The normalized spacial score (nSPS) is 13.9. The fraction of sp³-hybridized carbons (Fsp3) is 0.208. The summed E-state index contributed by atoms with van der Waals surface area (Å²) >= 11 is 0. The molecule has 8 nitrogen and oxygen atoms in total. The third-order valence-electron chi connectivity index (χ3n) is 5.30. The van der Waals surface area contributed by atoms with Crippen molar-refractivity contribution in [3.63, 3.8) is 0 Å². The average Bonchev–Trinajstić information content (AvgIpc) is 2.84. The molecule has 4 rings (SSSR count). The van der Waals surface area contributed by atoms with Crippen LogP contribution in [0.3, 0.4) is 0 Å². The number of para-hydroxylation sites is 2. The summed E-state index contributed by atoms with van der Waals surface area (Å²) in [6, 6.07) is 16.6. The maximum absolute atomic E-state index is 13.5. The van der Waals surface area contributed by atoms with Crippen molar-refractivity contribution >= 4 is 33.0 Å². The number of nitrogens with one attached hydrogen (secondary N) is 2. The van der Waals surface area contributed by atoms with Gasteiger partial charge < -0.3 is 19.7 Å². The molecular weight excluding hydrogens is 461 g/mol. The first-order valence-corrected chi connectivity index (χ1v) is 12.1. The van der Waals surface area contributed by atoms with Gasteiger partial charge in [-0.25, -0.2) is 12.8 Å². The summed E-state index contributed by atoms with van der Waals surface area (Å²) in [5, 5.41) is 2.65. The van der Waals surface area contributed by atoms with E-state index in [1.807, 2.05) is 4.90 Å². The quantitative estimate of drug-likeness (QED) is 0.530. The van der Waals surface area contributed by atoms with Gasteiger partial charge in [0, 0.05) is 24.3 Å². The molecule has 178 valence electrons. The molecule has 1 aliphatic heterocycles. The minimum absolute atomic E-state index is 0.0163. The number of carbonyl (C=O) groups is 1. The van der Waals surface area contributed by atoms with Gasteiger partial charge in [-0.15, -0.1) is 0 Å². The molecule has 0 spiro atoms. The molecule has 34 heavy (non-hydrogen) atoms. The predicted octanol–water partition coefficient (Wildman–Crippen LogP) is 3.72. The van der Waals surface area contributed by atoms with Gasteiger partial charge in [-0.2, -0.15) is 0 Å². The number of ether oxygens (including phenoxy) is 2. The molecule has 0 radical (unpaired) electrons. The van der Waals surface area contributed by atoms with E-state index in [1.165, 1.54) is 31.4 Å². The van der Waals surface area contributed by atoms with E-state index in [4.69, 9.17) is 9.47 Å². The highest BCUT2D eigenvalue weighted by molar-refractivity contribution is 7.93. The van der Waals surface area contributed by atoms with Gasteiger partial charge in [-0.3, -0.25) is 9.52 Å². The number of nitrogens with zero attached hydrogens (tertiary/aromatic N) is 1. The maximum atomic E-state index is 13.5. The van der Waals surface area contributed by atoms with Crippen molar-refractivity contribution in [3.05, 3.63) is 78.1 Å². The number of benzene rings is 3. The summed E-state index contributed by atoms with van der Waals surface area (Å²) < 4.78 is 53.8. The number of carbonyl (C=O) groups excluding carboxylic acids is 1. The van der Waals surface area contributed by atoms with Crippen molar-refractivity contribution in [3.8, 4) is 5.75 Å². The molecule has 1 saturated heterocycles. The number of methoxy groups -OCH3 is 1. The van der Waals surface area contributed by atoms with Crippen molar-refractivity contribution in [2.24, 2.45) is 0 Å². The van der Waals surface area contributed by atoms with Crippen LogP contribution in [-0.4, -0.2) is 47.7 Å². The van der Waals surface area contributed by atoms with Crippen LogP contribution in [-0.2, 0) is 14.8 Å². The van der Waals surface area contributed by atoms with E-state index in [1.54, 1.807) is 36.4 Å². The van der Waals surface area contributed by atoms with Crippen LogP contribution in [0.2, 0.25) is 0 Å². The molecule has 3 aromatic rings. The summed E-state index contributed by atoms with van der Waals surface area (Å²) in [6.07, 6.45) is 0. The molecule has 0 unspecified atom stereocenters. The smallest absolute Gasteiger partial charge is 0.264 e. The van der Waals surface area contributed by atoms with Crippen molar-refractivity contribution in [1.29, 1.82) is 0 Å². The van der Waals surface area contributed by atoms with Crippen LogP contribution < -0.4 is 19.7 Å². The van der Waals surface area contributed by atoms with Gasteiger partial charge in [0.1, 0.15) is 16.5 Å². The van der Waals surface area contributed by atoms with Gasteiger partial charge >= 0.3 is 0 Å². The second-order valence-corrected chi connectivity index (χ2v) is 9.20. The standard InChI is InChI=1S/C24H24FN3O5S/c1-32-22-8-3-2-7-20(22)27-34(30,31)23-16-19(9-10-21(23)28-11-13-33-14-12-28)26-24(29)17-5-4-6-18(25)15-17/h2-10,15-16,27H,11-14H2,1H3,(H,26,29). The largest absolute Gasteiger partial charge is 0.495 e. The number of anilines is 3. The first-order chi connectivity index (χ1) is 16.4. The van der Waals surface area contributed by atoms with Crippen LogP contribution in [0.4, 0.5) is 21.5 Å². The van der Waals surface area contributed by atoms with Crippen LogP contribution >= 0.6 is 0 Å². The first-order valence-electron chi connectivity index (χ1n) is 10.6. The van der Waals surface area contributed by atoms with Gasteiger partial charge in [-0.1, -0.05) is 18.2 Å². The Bertz CT molecular complexity index is 1290. The third-order valence-corrected chi connectivity index (χ3v) is 6.69. The molecule has 0 aromatic heterocycles. The lowest BCUT2D eigenvalue weighted by atomic mass is 10.2. The Balaban J connectivity index is 1.70. The van der Waals surface area contributed by atoms with E-state index in [-0.39, 0.29) is 21.8 Å². The number of sulfonamides is 1. The zero-order valence-corrected chi connectivity index (χ0v) is 19.3. The number of hydrogen-bond donors (Lipinski definition) is 2. The summed E-state index contributed by atoms with van der Waals surface area (Å²) in [6.45, 7) is 1.98. The topological polar surface area (TPSA) is 97.0 Å². The van der Waals surface area contributed by atoms with Gasteiger partial charge in [0.15, 0.2) is 0 Å². The predicted molar refractivity (Wildman–Crippen MR) is 128 cm³/mol. The number of hydrogen-bond acceptors (Lipinski definition) is 6. The second-order valence-electron chi connectivity index (χ2n) is 7.55. The van der Waals surface area contributed by atoms with E-state index >= 15 is 0 Å². The van der Waals surface area contributed by atoms with E-state index in [9.17, 15) is 17.6 Å². The van der Waals surface area contributed by atoms with Gasteiger partial charge in [0.25, 0.3) is 15.9 Å². The Morgan fingerprint density at radius 1 is 1.03 bits per heavy atom. The second kappa shape index (κ2) is 10.1. The molecule has 1 fully saturated rings. The molecule has 0 aliphatic carbocycles. The zero-order valence-electron chi connectivity index (χ0n) is 18.5. The number of rotatable bonds is 7. The van der Waals surface area contributed by atoms with Crippen LogP contribution in [0, 0.1) is 5.82 Å². The zero-order chi connectivity index (χ0) is 24.1. The first kappa shape index (κ1) is 23.5. The lowest BCUT2D eigenvalue weighted by Gasteiger charge is -2.30. The van der Waals surface area contributed by atoms with Crippen LogP contribution in [0.1, 0.15) is 10.4 Å². The van der Waals surface area contributed by atoms with Gasteiger partial charge in [0.2, 0.25) is 0 Å². The van der Waals surface area contributed by atoms with Crippen LogP contribution in [0.25, 0.3) is 0 Å². The van der Waals surface area contributed by atoms with Crippen LogP contribution in [0.5, 0.6) is 5.75 Å². The average molecular weight is 486 g/mol. The van der Waals surface area contributed by atoms with Crippen molar-refractivity contribution < 1.29 is 27.1 Å². The fourth-order valence-corrected chi connectivity index (χ4v) is 4.96. The summed E-state index contributed by atoms with van der Waals surface area (Å²) in [4.78, 5) is 14.5. The molecule has 1 heterocycles. The van der Waals surface area contributed by atoms with E-state index < -0.39 is 21.7 Å². The lowest BCUT2D eigenvalue weighted by molar-refractivity contribution is 0.102. The minimum Gasteiger partial charge on any atom is -0.495 e. The summed E-state index contributed by atoms with van der Waals surface area (Å²) in [5.41, 5.74) is 1.14. The molecule has 10 heteroatoms. The highest BCUT2D eigenvalue weighted by atomic mass is 32.2. The molecule has 0 saturated carbocycles. The monoisotopic (exact) mass is 485 g/mol. The molecule has 3 aromatic carbocycles. The molecule has 2 N–H and O–H groups in total. The van der Waals surface area contributed by atoms with Crippen molar-refractivity contribution in [1.82, 2.24) is 0 Å². The highest BCUT2D eigenvalue weighted by Gasteiger charge is 2.25. The van der Waals surface area contributed by atoms with E-state index in [0.717, 1.165) is 6.07 Å².